The Labute approximate surface area is 162 Å². The first-order chi connectivity index (χ1) is 11.4. The molecule has 6 heteroatoms. The Morgan fingerprint density at radius 2 is 1.67 bits per heavy atom. The molecule has 1 aliphatic rings. The Balaban J connectivity index is 2.38. The van der Waals surface area contributed by atoms with Crippen molar-refractivity contribution in [3.63, 3.8) is 0 Å². The Morgan fingerprint density at radius 1 is 1.08 bits per heavy atom. The number of carbonyl (C=O) groups is 2. The van der Waals surface area contributed by atoms with E-state index in [4.69, 9.17) is 4.74 Å². The lowest BCUT2D eigenvalue weighted by atomic mass is 9.72. The zero-order valence-electron chi connectivity index (χ0n) is 14.4. The number of halogens is 2. The molecule has 0 heterocycles. The van der Waals surface area contributed by atoms with Crippen LogP contribution in [0.4, 0.5) is 0 Å². The van der Waals surface area contributed by atoms with Crippen LogP contribution in [0, 0.1) is 16.7 Å². The van der Waals surface area contributed by atoms with E-state index in [1.165, 1.54) is 6.42 Å². The second-order valence-corrected chi connectivity index (χ2v) is 8.87. The van der Waals surface area contributed by atoms with Crippen molar-refractivity contribution in [2.45, 2.75) is 87.2 Å². The Hall–Kier alpha value is -0.410. The maximum Gasteiger partial charge on any atom is 0.327 e. The number of rotatable bonds is 9. The molecule has 0 aromatic carbocycles. The number of ether oxygens (including phenoxy) is 1. The Bertz CT molecular complexity index is 456. The molecule has 0 N–H and O–H groups in total. The van der Waals surface area contributed by atoms with E-state index in [-0.39, 0.29) is 5.41 Å². The second-order valence-electron chi connectivity index (χ2n) is 6.66. The minimum absolute atomic E-state index is 0.313. The van der Waals surface area contributed by atoms with E-state index in [2.05, 4.69) is 44.9 Å². The molecular formula is C18H27Br2NO3. The summed E-state index contributed by atoms with van der Waals surface area (Å²) in [6.07, 6.45) is 10.1. The largest absolute Gasteiger partial charge is 0.391 e. The standard InChI is InChI=1S/C18H27Br2NO3/c1-2-3-5-8-14(19)16(22)24-17(23)15(20)9-12-18(13-21)10-6-4-7-11-18/h14-15H,2-12H2,1H3. The second kappa shape index (κ2) is 11.3. The molecule has 1 saturated carbocycles. The summed E-state index contributed by atoms with van der Waals surface area (Å²) < 4.78 is 4.96. The van der Waals surface area contributed by atoms with Crippen LogP contribution in [0.3, 0.4) is 0 Å². The van der Waals surface area contributed by atoms with Crippen molar-refractivity contribution in [2.24, 2.45) is 5.41 Å². The van der Waals surface area contributed by atoms with Gasteiger partial charge in [0.2, 0.25) is 0 Å². The molecule has 4 nitrogen and oxygen atoms in total. The number of carbonyl (C=O) groups excluding carboxylic acids is 2. The average Bonchev–Trinajstić information content (AvgIpc) is 2.60. The Kier molecular flexibility index (Phi) is 10.1. The first kappa shape index (κ1) is 21.6. The minimum atomic E-state index is -0.552. The molecule has 0 aromatic heterocycles. The normalized spacial score (nSPS) is 19.1. The average molecular weight is 465 g/mol. The van der Waals surface area contributed by atoms with Crippen molar-refractivity contribution in [2.75, 3.05) is 0 Å². The van der Waals surface area contributed by atoms with Crippen molar-refractivity contribution in [3.8, 4) is 6.07 Å². The molecule has 0 amide bonds. The highest BCUT2D eigenvalue weighted by atomic mass is 79.9. The van der Waals surface area contributed by atoms with E-state index in [0.717, 1.165) is 44.9 Å². The molecular weight excluding hydrogens is 438 g/mol. The molecule has 0 radical (unpaired) electrons. The highest BCUT2D eigenvalue weighted by molar-refractivity contribution is 9.10. The van der Waals surface area contributed by atoms with Crippen molar-refractivity contribution >= 4 is 43.8 Å². The van der Waals surface area contributed by atoms with Gasteiger partial charge in [-0.3, -0.25) is 9.59 Å². The number of unbranched alkanes of at least 4 members (excludes halogenated alkanes) is 2. The summed E-state index contributed by atoms with van der Waals surface area (Å²) in [4.78, 5) is 23.0. The fourth-order valence-electron chi connectivity index (χ4n) is 3.09. The lowest BCUT2D eigenvalue weighted by molar-refractivity contribution is -0.158. The van der Waals surface area contributed by atoms with Gasteiger partial charge in [0.15, 0.2) is 0 Å². The van der Waals surface area contributed by atoms with Gasteiger partial charge >= 0.3 is 11.9 Å². The van der Waals surface area contributed by atoms with Gasteiger partial charge in [0.05, 0.1) is 11.5 Å². The maximum atomic E-state index is 12.1. The number of hydrogen-bond donors (Lipinski definition) is 0. The van der Waals surface area contributed by atoms with Gasteiger partial charge in [-0.05, 0) is 32.1 Å². The fraction of sp³-hybridized carbons (Fsp3) is 0.833. The molecule has 0 bridgehead atoms. The highest BCUT2D eigenvalue weighted by Gasteiger charge is 2.34. The quantitative estimate of drug-likeness (QED) is 0.198. The van der Waals surface area contributed by atoms with Crippen molar-refractivity contribution < 1.29 is 14.3 Å². The van der Waals surface area contributed by atoms with Gasteiger partial charge in [0.1, 0.15) is 9.65 Å². The molecule has 0 spiro atoms. The summed E-state index contributed by atoms with van der Waals surface area (Å²) >= 11 is 6.60. The first-order valence-electron chi connectivity index (χ1n) is 8.89. The monoisotopic (exact) mass is 463 g/mol. The van der Waals surface area contributed by atoms with Gasteiger partial charge < -0.3 is 4.74 Å². The molecule has 1 fully saturated rings. The van der Waals surface area contributed by atoms with Crippen molar-refractivity contribution in [1.82, 2.24) is 0 Å². The van der Waals surface area contributed by atoms with Crippen LogP contribution in [-0.4, -0.2) is 21.6 Å². The van der Waals surface area contributed by atoms with Crippen LogP contribution >= 0.6 is 31.9 Å². The van der Waals surface area contributed by atoms with Crippen LogP contribution < -0.4 is 0 Å². The predicted molar refractivity (Wildman–Crippen MR) is 101 cm³/mol. The van der Waals surface area contributed by atoms with E-state index in [1.807, 2.05) is 0 Å². The van der Waals surface area contributed by atoms with Crippen molar-refractivity contribution in [1.29, 1.82) is 5.26 Å². The third-order valence-electron chi connectivity index (χ3n) is 4.70. The lowest BCUT2D eigenvalue weighted by Gasteiger charge is -2.31. The topological polar surface area (TPSA) is 67.2 Å². The molecule has 0 aliphatic heterocycles. The number of hydrogen-bond acceptors (Lipinski definition) is 4. The summed E-state index contributed by atoms with van der Waals surface area (Å²) in [5.74, 6) is -1.07. The minimum Gasteiger partial charge on any atom is -0.391 e. The summed E-state index contributed by atoms with van der Waals surface area (Å²) in [5.41, 5.74) is -0.313. The van der Waals surface area contributed by atoms with Gasteiger partial charge in [0, 0.05) is 0 Å². The molecule has 0 saturated heterocycles. The van der Waals surface area contributed by atoms with Gasteiger partial charge in [-0.2, -0.15) is 5.26 Å². The van der Waals surface area contributed by atoms with E-state index >= 15 is 0 Å². The zero-order chi connectivity index (χ0) is 18.0. The molecule has 0 aromatic rings. The summed E-state index contributed by atoms with van der Waals surface area (Å²) in [5, 5.41) is 9.47. The van der Waals surface area contributed by atoms with Crippen LogP contribution in [-0.2, 0) is 14.3 Å². The zero-order valence-corrected chi connectivity index (χ0v) is 17.5. The van der Waals surface area contributed by atoms with E-state index in [1.54, 1.807) is 0 Å². The van der Waals surface area contributed by atoms with Crippen LogP contribution in [0.15, 0.2) is 0 Å². The number of nitrogens with zero attached hydrogens (tertiary/aromatic N) is 1. The summed E-state index contributed by atoms with van der Waals surface area (Å²) in [6, 6.07) is 2.45. The molecule has 2 unspecified atom stereocenters. The van der Waals surface area contributed by atoms with Crippen molar-refractivity contribution in [3.05, 3.63) is 0 Å². The van der Waals surface area contributed by atoms with Crippen LogP contribution in [0.2, 0.25) is 0 Å². The number of esters is 2. The third kappa shape index (κ3) is 7.23. The van der Waals surface area contributed by atoms with Gasteiger partial charge in [-0.15, -0.1) is 0 Å². The number of alkyl halides is 2. The first-order valence-corrected chi connectivity index (χ1v) is 10.7. The van der Waals surface area contributed by atoms with Crippen LogP contribution in [0.25, 0.3) is 0 Å². The SMILES string of the molecule is CCCCCC(Br)C(=O)OC(=O)C(Br)CCC1(C#N)CCCCC1. The van der Waals surface area contributed by atoms with Gasteiger partial charge in [0.25, 0.3) is 0 Å². The van der Waals surface area contributed by atoms with E-state index in [9.17, 15) is 14.9 Å². The van der Waals surface area contributed by atoms with E-state index in [0.29, 0.717) is 19.3 Å². The summed E-state index contributed by atoms with van der Waals surface area (Å²) in [6.45, 7) is 2.10. The lowest BCUT2D eigenvalue weighted by Crippen LogP contribution is -2.29. The molecule has 24 heavy (non-hydrogen) atoms. The summed E-state index contributed by atoms with van der Waals surface area (Å²) in [7, 11) is 0. The Morgan fingerprint density at radius 3 is 2.21 bits per heavy atom. The fourth-order valence-corrected chi connectivity index (χ4v) is 3.83. The van der Waals surface area contributed by atoms with Crippen LogP contribution in [0.5, 0.6) is 0 Å². The van der Waals surface area contributed by atoms with E-state index < -0.39 is 21.6 Å². The van der Waals surface area contributed by atoms with Gasteiger partial charge in [-0.1, -0.05) is 77.3 Å². The maximum absolute atomic E-state index is 12.1. The highest BCUT2D eigenvalue weighted by Crippen LogP contribution is 2.40. The molecule has 2 atom stereocenters. The molecule has 136 valence electrons. The number of nitriles is 1. The molecule has 1 rings (SSSR count). The predicted octanol–water partition coefficient (Wildman–Crippen LogP) is 5.42. The third-order valence-corrected chi connectivity index (χ3v) is 6.36. The molecule has 1 aliphatic carbocycles. The van der Waals surface area contributed by atoms with Crippen LogP contribution in [0.1, 0.15) is 77.6 Å². The van der Waals surface area contributed by atoms with Gasteiger partial charge in [-0.25, -0.2) is 0 Å². The smallest absolute Gasteiger partial charge is 0.327 e.